The van der Waals surface area contributed by atoms with Gasteiger partial charge in [-0.3, -0.25) is 4.79 Å². The van der Waals surface area contributed by atoms with Gasteiger partial charge in [-0.1, -0.05) is 24.3 Å². The Bertz CT molecular complexity index is 1010. The van der Waals surface area contributed by atoms with Crippen molar-refractivity contribution in [2.24, 2.45) is 0 Å². The van der Waals surface area contributed by atoms with Crippen LogP contribution in [0.1, 0.15) is 38.6 Å². The number of carbonyl (C=O) groups is 1. The minimum absolute atomic E-state index is 0.0832. The second kappa shape index (κ2) is 8.79. The van der Waals surface area contributed by atoms with Crippen LogP contribution in [-0.2, 0) is 17.8 Å². The van der Waals surface area contributed by atoms with Crippen molar-refractivity contribution in [3.63, 3.8) is 0 Å². The van der Waals surface area contributed by atoms with Gasteiger partial charge in [-0.15, -0.1) is 0 Å². The van der Waals surface area contributed by atoms with E-state index >= 15 is 0 Å². The van der Waals surface area contributed by atoms with Crippen molar-refractivity contribution in [3.05, 3.63) is 76.5 Å². The van der Waals surface area contributed by atoms with E-state index in [0.29, 0.717) is 32.0 Å². The molecule has 1 aliphatic rings. The Morgan fingerprint density at radius 3 is 2.53 bits per heavy atom. The van der Waals surface area contributed by atoms with Gasteiger partial charge in [0, 0.05) is 30.9 Å². The lowest BCUT2D eigenvalue weighted by Crippen LogP contribution is -2.36. The van der Waals surface area contributed by atoms with Crippen molar-refractivity contribution in [3.8, 4) is 0 Å². The lowest BCUT2D eigenvalue weighted by molar-refractivity contribution is 0.0938. The molecular formula is C24H29N3O3. The first-order chi connectivity index (χ1) is 14.6. The number of ether oxygens (including phenoxy) is 1. The number of aromatic nitrogens is 1. The first kappa shape index (κ1) is 20.3. The molecule has 0 saturated carbocycles. The Morgan fingerprint density at radius 1 is 1.07 bits per heavy atom. The Kier molecular flexibility index (Phi) is 5.95. The van der Waals surface area contributed by atoms with Crippen LogP contribution in [0.3, 0.4) is 0 Å². The molecule has 2 aromatic heterocycles. The summed E-state index contributed by atoms with van der Waals surface area (Å²) in [7, 11) is 0. The smallest absolute Gasteiger partial charge is 0.268 e. The molecule has 1 amide bonds. The van der Waals surface area contributed by atoms with Gasteiger partial charge in [0.2, 0.25) is 0 Å². The summed E-state index contributed by atoms with van der Waals surface area (Å²) in [6.07, 6.45) is 1.62. The van der Waals surface area contributed by atoms with Gasteiger partial charge in [0.25, 0.3) is 5.91 Å². The summed E-state index contributed by atoms with van der Waals surface area (Å²) in [4.78, 5) is 15.6. The van der Waals surface area contributed by atoms with Crippen LogP contribution in [-0.4, -0.2) is 36.8 Å². The third kappa shape index (κ3) is 4.00. The summed E-state index contributed by atoms with van der Waals surface area (Å²) in [5, 5.41) is 3.03. The predicted octanol–water partition coefficient (Wildman–Crippen LogP) is 3.82. The molecule has 0 spiro atoms. The summed E-state index contributed by atoms with van der Waals surface area (Å²) in [6, 6.07) is 12.0. The SMILES string of the molecule is Cc1ccccc1Cn1c(C)c(N2CCOCC2)c(C)c1C(=O)NCc1ccco1. The van der Waals surface area contributed by atoms with E-state index in [1.807, 2.05) is 31.2 Å². The van der Waals surface area contributed by atoms with E-state index in [0.717, 1.165) is 35.8 Å². The topological polar surface area (TPSA) is 59.6 Å². The Balaban J connectivity index is 1.71. The summed E-state index contributed by atoms with van der Waals surface area (Å²) >= 11 is 0. The molecule has 1 aliphatic heterocycles. The highest BCUT2D eigenvalue weighted by molar-refractivity contribution is 5.96. The number of carbonyl (C=O) groups excluding carboxylic acids is 1. The van der Waals surface area contributed by atoms with E-state index in [1.165, 1.54) is 11.1 Å². The fourth-order valence-electron chi connectivity index (χ4n) is 4.25. The number of nitrogens with one attached hydrogen (secondary N) is 1. The molecule has 6 heteroatoms. The largest absolute Gasteiger partial charge is 0.467 e. The molecule has 0 unspecified atom stereocenters. The van der Waals surface area contributed by atoms with Crippen LogP contribution in [0.15, 0.2) is 47.1 Å². The van der Waals surface area contributed by atoms with Gasteiger partial charge in [-0.2, -0.15) is 0 Å². The monoisotopic (exact) mass is 407 g/mol. The summed E-state index contributed by atoms with van der Waals surface area (Å²) in [6.45, 7) is 10.4. The number of nitrogens with zero attached hydrogens (tertiary/aromatic N) is 2. The molecule has 0 radical (unpaired) electrons. The number of morpholine rings is 1. The Hall–Kier alpha value is -2.99. The lowest BCUT2D eigenvalue weighted by Gasteiger charge is -2.29. The van der Waals surface area contributed by atoms with Gasteiger partial charge in [-0.25, -0.2) is 0 Å². The molecule has 1 N–H and O–H groups in total. The van der Waals surface area contributed by atoms with E-state index in [2.05, 4.69) is 40.8 Å². The predicted molar refractivity (Wildman–Crippen MR) is 117 cm³/mol. The van der Waals surface area contributed by atoms with Gasteiger partial charge in [0.05, 0.1) is 31.7 Å². The average Bonchev–Trinajstić information content (AvgIpc) is 3.35. The van der Waals surface area contributed by atoms with Crippen LogP contribution >= 0.6 is 0 Å². The normalized spacial score (nSPS) is 14.2. The molecule has 0 bridgehead atoms. The molecule has 0 aliphatic carbocycles. The van der Waals surface area contributed by atoms with E-state index < -0.39 is 0 Å². The molecule has 30 heavy (non-hydrogen) atoms. The highest BCUT2D eigenvalue weighted by atomic mass is 16.5. The molecule has 4 rings (SSSR count). The third-order valence-electron chi connectivity index (χ3n) is 5.86. The molecular weight excluding hydrogens is 378 g/mol. The number of hydrogen-bond donors (Lipinski definition) is 1. The van der Waals surface area contributed by atoms with Gasteiger partial charge in [0.1, 0.15) is 11.5 Å². The highest BCUT2D eigenvalue weighted by Crippen LogP contribution is 2.32. The maximum atomic E-state index is 13.3. The zero-order valence-electron chi connectivity index (χ0n) is 17.9. The van der Waals surface area contributed by atoms with Crippen LogP contribution in [0.25, 0.3) is 0 Å². The molecule has 158 valence electrons. The quantitative estimate of drug-likeness (QED) is 0.675. The van der Waals surface area contributed by atoms with Gasteiger partial charge in [0.15, 0.2) is 0 Å². The van der Waals surface area contributed by atoms with Crippen molar-refractivity contribution in [2.45, 2.75) is 33.9 Å². The van der Waals surface area contributed by atoms with E-state index in [1.54, 1.807) is 6.26 Å². The van der Waals surface area contributed by atoms with Gasteiger partial charge in [-0.05, 0) is 44.0 Å². The summed E-state index contributed by atoms with van der Waals surface area (Å²) in [5.74, 6) is 0.656. The highest BCUT2D eigenvalue weighted by Gasteiger charge is 2.27. The third-order valence-corrected chi connectivity index (χ3v) is 5.86. The number of benzene rings is 1. The molecule has 0 atom stereocenters. The van der Waals surface area contributed by atoms with Crippen molar-refractivity contribution in [1.82, 2.24) is 9.88 Å². The van der Waals surface area contributed by atoms with Crippen LogP contribution in [0, 0.1) is 20.8 Å². The van der Waals surface area contributed by atoms with Crippen molar-refractivity contribution < 1.29 is 13.9 Å². The first-order valence-corrected chi connectivity index (χ1v) is 10.4. The lowest BCUT2D eigenvalue weighted by atomic mass is 10.1. The fourth-order valence-corrected chi connectivity index (χ4v) is 4.25. The van der Waals surface area contributed by atoms with Crippen LogP contribution in [0.4, 0.5) is 5.69 Å². The van der Waals surface area contributed by atoms with Crippen LogP contribution in [0.5, 0.6) is 0 Å². The standard InChI is InChI=1S/C24H29N3O3/c1-17-7-4-5-8-20(17)16-27-19(3)22(26-10-13-29-14-11-26)18(2)23(27)24(28)25-15-21-9-6-12-30-21/h4-9,12H,10-11,13-16H2,1-3H3,(H,25,28). The number of furan rings is 1. The zero-order chi connectivity index (χ0) is 21.1. The summed E-state index contributed by atoms with van der Waals surface area (Å²) in [5.41, 5.74) is 6.42. The maximum Gasteiger partial charge on any atom is 0.268 e. The van der Waals surface area contributed by atoms with Crippen molar-refractivity contribution >= 4 is 11.6 Å². The average molecular weight is 408 g/mol. The molecule has 6 nitrogen and oxygen atoms in total. The number of hydrogen-bond acceptors (Lipinski definition) is 4. The first-order valence-electron chi connectivity index (χ1n) is 10.4. The number of aryl methyl sites for hydroxylation is 1. The molecule has 3 heterocycles. The van der Waals surface area contributed by atoms with Gasteiger partial charge >= 0.3 is 0 Å². The molecule has 1 saturated heterocycles. The van der Waals surface area contributed by atoms with Crippen LogP contribution in [0.2, 0.25) is 0 Å². The fraction of sp³-hybridized carbons (Fsp3) is 0.375. The maximum absolute atomic E-state index is 13.3. The Morgan fingerprint density at radius 2 is 1.83 bits per heavy atom. The van der Waals surface area contributed by atoms with Crippen LogP contribution < -0.4 is 10.2 Å². The number of amides is 1. The van der Waals surface area contributed by atoms with E-state index in [9.17, 15) is 4.79 Å². The number of anilines is 1. The van der Waals surface area contributed by atoms with Crippen molar-refractivity contribution in [2.75, 3.05) is 31.2 Å². The minimum atomic E-state index is -0.0832. The van der Waals surface area contributed by atoms with Gasteiger partial charge < -0.3 is 23.9 Å². The van der Waals surface area contributed by atoms with Crippen molar-refractivity contribution in [1.29, 1.82) is 0 Å². The molecule has 1 fully saturated rings. The van der Waals surface area contributed by atoms with E-state index in [-0.39, 0.29) is 5.91 Å². The second-order valence-electron chi connectivity index (χ2n) is 7.78. The summed E-state index contributed by atoms with van der Waals surface area (Å²) < 4.78 is 13.1. The second-order valence-corrected chi connectivity index (χ2v) is 7.78. The molecule has 3 aromatic rings. The Labute approximate surface area is 177 Å². The zero-order valence-corrected chi connectivity index (χ0v) is 17.9. The minimum Gasteiger partial charge on any atom is -0.467 e. The molecule has 1 aromatic carbocycles. The number of rotatable bonds is 6. The van der Waals surface area contributed by atoms with E-state index in [4.69, 9.17) is 9.15 Å².